The summed E-state index contributed by atoms with van der Waals surface area (Å²) >= 11 is 0. The molecular formula is C30H31F3N4O7. The molecule has 0 aliphatic heterocycles. The smallest absolute Gasteiger partial charge is 0.416 e. The maximum Gasteiger partial charge on any atom is 0.416 e. The number of fused-ring (bicyclic) bond motifs is 1. The van der Waals surface area contributed by atoms with E-state index in [2.05, 4.69) is 15.6 Å². The number of nitrogens with one attached hydrogen (secondary N) is 1. The summed E-state index contributed by atoms with van der Waals surface area (Å²) in [5, 5.41) is 10.1. The van der Waals surface area contributed by atoms with Gasteiger partial charge < -0.3 is 29.1 Å². The standard InChI is InChI=1S/C30H31F3N4O7/c1-29(2,3)44-28(39)34-25(27(38)41-17-20-7-10-22(40-4)11-8-20)15-19-5-12-23(13-6-19)42-18-43-37-26-16-21(30(31,32)33)9-14-24(26)35-36-37/h5-14,16,25H,15,17-18H2,1-4H3,(H,34,39)/t25-/m1/s1. The molecule has 0 spiro atoms. The number of methoxy groups -OCH3 is 1. The number of hydrogen-bond acceptors (Lipinski definition) is 9. The highest BCUT2D eigenvalue weighted by Gasteiger charge is 2.31. The number of rotatable bonds is 11. The van der Waals surface area contributed by atoms with Crippen molar-refractivity contribution in [3.8, 4) is 11.5 Å². The number of amides is 1. The number of halogens is 3. The van der Waals surface area contributed by atoms with Crippen LogP contribution in [0.15, 0.2) is 66.7 Å². The fourth-order valence-corrected chi connectivity index (χ4v) is 3.89. The van der Waals surface area contributed by atoms with Crippen LogP contribution in [0.5, 0.6) is 11.5 Å². The van der Waals surface area contributed by atoms with Gasteiger partial charge >= 0.3 is 18.2 Å². The molecule has 1 atom stereocenters. The van der Waals surface area contributed by atoms with Crippen molar-refractivity contribution in [2.75, 3.05) is 13.9 Å². The predicted octanol–water partition coefficient (Wildman–Crippen LogP) is 5.10. The van der Waals surface area contributed by atoms with Crippen molar-refractivity contribution in [2.45, 2.75) is 51.6 Å². The first-order valence-electron chi connectivity index (χ1n) is 13.4. The van der Waals surface area contributed by atoms with Crippen LogP contribution in [0.3, 0.4) is 0 Å². The Morgan fingerprint density at radius 3 is 2.23 bits per heavy atom. The molecule has 1 N–H and O–H groups in total. The van der Waals surface area contributed by atoms with Gasteiger partial charge in [0, 0.05) is 6.42 Å². The number of carbonyl (C=O) groups excluding carboxylic acids is 2. The Balaban J connectivity index is 1.37. The molecule has 1 aromatic heterocycles. The molecule has 44 heavy (non-hydrogen) atoms. The van der Waals surface area contributed by atoms with E-state index in [0.29, 0.717) is 17.1 Å². The number of ether oxygens (including phenoxy) is 4. The number of aromatic nitrogens is 3. The minimum absolute atomic E-state index is 0.0132. The number of carbonyl (C=O) groups is 2. The molecule has 3 aromatic carbocycles. The Kier molecular flexibility index (Phi) is 9.81. The van der Waals surface area contributed by atoms with Crippen LogP contribution in [-0.4, -0.2) is 52.8 Å². The zero-order valence-electron chi connectivity index (χ0n) is 24.4. The molecule has 14 heteroatoms. The monoisotopic (exact) mass is 616 g/mol. The average Bonchev–Trinajstić information content (AvgIpc) is 3.37. The van der Waals surface area contributed by atoms with Crippen molar-refractivity contribution >= 4 is 23.1 Å². The van der Waals surface area contributed by atoms with Gasteiger partial charge in [-0.05, 0) is 79.6 Å². The van der Waals surface area contributed by atoms with E-state index in [0.717, 1.165) is 22.5 Å². The van der Waals surface area contributed by atoms with Crippen LogP contribution in [0, 0.1) is 0 Å². The molecule has 234 valence electrons. The van der Waals surface area contributed by atoms with Crippen molar-refractivity contribution in [3.05, 3.63) is 83.4 Å². The van der Waals surface area contributed by atoms with Gasteiger partial charge in [0.15, 0.2) is 0 Å². The van der Waals surface area contributed by atoms with E-state index in [-0.39, 0.29) is 30.9 Å². The van der Waals surface area contributed by atoms with Crippen LogP contribution in [0.4, 0.5) is 18.0 Å². The summed E-state index contributed by atoms with van der Waals surface area (Å²) in [5.74, 6) is 0.372. The molecule has 0 aliphatic rings. The number of hydrogen-bond donors (Lipinski definition) is 1. The first-order chi connectivity index (χ1) is 20.8. The van der Waals surface area contributed by atoms with Gasteiger partial charge in [0.25, 0.3) is 6.79 Å². The quantitative estimate of drug-likeness (QED) is 0.181. The molecular weight excluding hydrogens is 585 g/mol. The number of esters is 1. The lowest BCUT2D eigenvalue weighted by atomic mass is 10.1. The minimum atomic E-state index is -4.53. The van der Waals surface area contributed by atoms with Crippen LogP contribution in [0.1, 0.15) is 37.5 Å². The van der Waals surface area contributed by atoms with E-state index in [1.807, 2.05) is 0 Å². The summed E-state index contributed by atoms with van der Waals surface area (Å²) in [6.45, 7) is 4.72. The van der Waals surface area contributed by atoms with Crippen molar-refractivity contribution < 1.29 is 46.5 Å². The van der Waals surface area contributed by atoms with Gasteiger partial charge in [-0.15, -0.1) is 5.10 Å². The molecule has 0 saturated carbocycles. The third-order valence-corrected chi connectivity index (χ3v) is 6.02. The molecule has 0 fully saturated rings. The molecule has 1 amide bonds. The van der Waals surface area contributed by atoms with E-state index in [1.165, 1.54) is 6.07 Å². The highest BCUT2D eigenvalue weighted by molar-refractivity contribution is 5.82. The second-order valence-electron chi connectivity index (χ2n) is 10.6. The third kappa shape index (κ3) is 8.99. The second kappa shape index (κ2) is 13.5. The lowest BCUT2D eigenvalue weighted by Crippen LogP contribution is -2.45. The average molecular weight is 617 g/mol. The van der Waals surface area contributed by atoms with Crippen LogP contribution < -0.4 is 19.6 Å². The van der Waals surface area contributed by atoms with E-state index in [4.69, 9.17) is 23.8 Å². The number of alkyl carbamates (subject to hydrolysis) is 1. The summed E-state index contributed by atoms with van der Waals surface area (Å²) in [7, 11) is 1.55. The number of benzene rings is 3. The van der Waals surface area contributed by atoms with Crippen LogP contribution >= 0.6 is 0 Å². The maximum atomic E-state index is 13.1. The van der Waals surface area contributed by atoms with Gasteiger partial charge in [0.1, 0.15) is 40.8 Å². The molecule has 0 radical (unpaired) electrons. The Morgan fingerprint density at radius 2 is 1.59 bits per heavy atom. The first kappa shape index (κ1) is 31.9. The summed E-state index contributed by atoms with van der Waals surface area (Å²) in [6.07, 6.45) is -5.22. The van der Waals surface area contributed by atoms with Crippen molar-refractivity contribution in [2.24, 2.45) is 0 Å². The van der Waals surface area contributed by atoms with E-state index < -0.39 is 35.4 Å². The van der Waals surface area contributed by atoms with E-state index in [9.17, 15) is 22.8 Å². The zero-order chi connectivity index (χ0) is 31.9. The van der Waals surface area contributed by atoms with Gasteiger partial charge in [-0.3, -0.25) is 0 Å². The molecule has 0 aliphatic carbocycles. The highest BCUT2D eigenvalue weighted by Crippen LogP contribution is 2.30. The van der Waals surface area contributed by atoms with Gasteiger partial charge in [0.05, 0.1) is 12.7 Å². The van der Waals surface area contributed by atoms with Crippen molar-refractivity contribution in [1.29, 1.82) is 0 Å². The first-order valence-corrected chi connectivity index (χ1v) is 13.4. The Morgan fingerprint density at radius 1 is 0.932 bits per heavy atom. The fraction of sp³-hybridized carbons (Fsp3) is 0.333. The second-order valence-corrected chi connectivity index (χ2v) is 10.6. The van der Waals surface area contributed by atoms with Crippen LogP contribution in [0.2, 0.25) is 0 Å². The topological polar surface area (TPSA) is 123 Å². The van der Waals surface area contributed by atoms with Gasteiger partial charge in [0.2, 0.25) is 0 Å². The SMILES string of the molecule is COc1ccc(COC(=O)[C@@H](Cc2ccc(OCOn3nnc4ccc(C(F)(F)F)cc43)cc2)NC(=O)OC(C)(C)C)cc1. The molecule has 0 bridgehead atoms. The summed E-state index contributed by atoms with van der Waals surface area (Å²) in [4.78, 5) is 31.7. The van der Waals surface area contributed by atoms with Crippen LogP contribution in [0.25, 0.3) is 11.0 Å². The summed E-state index contributed by atoms with van der Waals surface area (Å²) in [6, 6.07) is 15.5. The number of nitrogens with zero attached hydrogens (tertiary/aromatic N) is 3. The van der Waals surface area contributed by atoms with Gasteiger partial charge in [-0.2, -0.15) is 13.2 Å². The number of alkyl halides is 3. The van der Waals surface area contributed by atoms with Crippen molar-refractivity contribution in [3.63, 3.8) is 0 Å². The molecule has 4 aromatic rings. The predicted molar refractivity (Wildman–Crippen MR) is 151 cm³/mol. The molecule has 0 saturated heterocycles. The van der Waals surface area contributed by atoms with Crippen LogP contribution in [-0.2, 0) is 33.5 Å². The lowest BCUT2D eigenvalue weighted by molar-refractivity contribution is -0.147. The van der Waals surface area contributed by atoms with Gasteiger partial charge in [-0.25, -0.2) is 9.59 Å². The lowest BCUT2D eigenvalue weighted by Gasteiger charge is -2.23. The van der Waals surface area contributed by atoms with E-state index in [1.54, 1.807) is 76.4 Å². The fourth-order valence-electron chi connectivity index (χ4n) is 3.89. The summed E-state index contributed by atoms with van der Waals surface area (Å²) in [5.41, 5.74) is 0.0153. The summed E-state index contributed by atoms with van der Waals surface area (Å²) < 4.78 is 60.7. The maximum absolute atomic E-state index is 13.1. The third-order valence-electron chi connectivity index (χ3n) is 6.02. The highest BCUT2D eigenvalue weighted by atomic mass is 19.4. The van der Waals surface area contributed by atoms with Crippen molar-refractivity contribution in [1.82, 2.24) is 20.5 Å². The Hall–Kier alpha value is -5.01. The van der Waals surface area contributed by atoms with E-state index >= 15 is 0 Å². The molecule has 11 nitrogen and oxygen atoms in total. The largest absolute Gasteiger partial charge is 0.497 e. The normalized spacial score (nSPS) is 12.3. The Bertz CT molecular complexity index is 1570. The zero-order valence-corrected chi connectivity index (χ0v) is 24.4. The Labute approximate surface area is 250 Å². The molecule has 4 rings (SSSR count). The molecule has 1 heterocycles. The minimum Gasteiger partial charge on any atom is -0.497 e. The van der Waals surface area contributed by atoms with Gasteiger partial charge in [-0.1, -0.05) is 29.1 Å². The molecule has 0 unspecified atom stereocenters.